The van der Waals surface area contributed by atoms with Gasteiger partial charge in [-0.25, -0.2) is 0 Å². The summed E-state index contributed by atoms with van der Waals surface area (Å²) in [6.45, 7) is -0.576. The zero-order chi connectivity index (χ0) is 19.7. The van der Waals surface area contributed by atoms with Gasteiger partial charge >= 0.3 is 0 Å². The first-order valence-electron chi connectivity index (χ1n) is 8.93. The zero-order valence-electron chi connectivity index (χ0n) is 14.8. The first-order valence-corrected chi connectivity index (χ1v) is 9.69. The summed E-state index contributed by atoms with van der Waals surface area (Å²) < 4.78 is 24.1. The summed E-state index contributed by atoms with van der Waals surface area (Å²) >= 11 is 11.9. The normalized spacial score (nSPS) is 32.7. The minimum atomic E-state index is -0.793. The highest BCUT2D eigenvalue weighted by Crippen LogP contribution is 2.40. The van der Waals surface area contributed by atoms with E-state index in [0.717, 1.165) is 11.1 Å². The first kappa shape index (κ1) is 20.1. The number of hydrogen-bond donors (Lipinski definition) is 2. The van der Waals surface area contributed by atoms with E-state index in [2.05, 4.69) is 0 Å². The average molecular weight is 427 g/mol. The summed E-state index contributed by atoms with van der Waals surface area (Å²) in [6.07, 6.45) is -4.08. The van der Waals surface area contributed by atoms with Crippen molar-refractivity contribution in [3.05, 3.63) is 69.7 Å². The Bertz CT molecular complexity index is 762. The van der Waals surface area contributed by atoms with E-state index in [1.165, 1.54) is 0 Å². The van der Waals surface area contributed by atoms with E-state index in [1.54, 1.807) is 48.5 Å². The molecule has 2 aliphatic heterocycles. The Labute approximate surface area is 172 Å². The monoisotopic (exact) mass is 426 g/mol. The van der Waals surface area contributed by atoms with Gasteiger partial charge in [0.2, 0.25) is 0 Å². The number of aliphatic hydroxyl groups is 2. The van der Waals surface area contributed by atoms with Gasteiger partial charge in [-0.1, -0.05) is 47.5 Å². The van der Waals surface area contributed by atoms with Gasteiger partial charge in [0.15, 0.2) is 12.6 Å². The highest BCUT2D eigenvalue weighted by molar-refractivity contribution is 6.30. The summed E-state index contributed by atoms with van der Waals surface area (Å²) in [6, 6.07) is 14.1. The van der Waals surface area contributed by atoms with E-state index < -0.39 is 37.0 Å². The van der Waals surface area contributed by atoms with Crippen LogP contribution in [0.15, 0.2) is 48.5 Å². The first-order chi connectivity index (χ1) is 13.6. The van der Waals surface area contributed by atoms with Crippen LogP contribution in [0.25, 0.3) is 0 Å². The van der Waals surface area contributed by atoms with Crippen LogP contribution >= 0.6 is 23.2 Å². The van der Waals surface area contributed by atoms with Crippen molar-refractivity contribution in [2.75, 3.05) is 13.2 Å². The Kier molecular flexibility index (Phi) is 6.20. The predicted octanol–water partition coefficient (Wildman–Crippen LogP) is 3.24. The number of ether oxygens (including phenoxy) is 4. The van der Waals surface area contributed by atoms with Gasteiger partial charge in [-0.2, -0.15) is 0 Å². The molecule has 2 heterocycles. The number of halogens is 2. The molecule has 0 saturated carbocycles. The van der Waals surface area contributed by atoms with Crippen LogP contribution in [0.3, 0.4) is 0 Å². The molecule has 2 saturated heterocycles. The standard InChI is InChI=1S/C20H20Cl2O6/c21-13-5-1-11(2-6-13)19-25-15(9-23)17-18(16(10-24)26-19)28-20(27-17)12-3-7-14(22)8-4-12/h1-8,15-20,23-24H,9-10H2/t15-,16+,17-,18-,19?,20?/m0/s1. The number of fused-ring (bicyclic) bond motifs is 1. The Morgan fingerprint density at radius 2 is 0.964 bits per heavy atom. The van der Waals surface area contributed by atoms with E-state index in [1.807, 2.05) is 0 Å². The van der Waals surface area contributed by atoms with Gasteiger partial charge in [-0.3, -0.25) is 0 Å². The van der Waals surface area contributed by atoms with Crippen LogP contribution in [0.2, 0.25) is 10.0 Å². The van der Waals surface area contributed by atoms with E-state index in [0.29, 0.717) is 10.0 Å². The van der Waals surface area contributed by atoms with Crippen LogP contribution in [0, 0.1) is 0 Å². The highest BCUT2D eigenvalue weighted by atomic mass is 35.5. The molecule has 4 rings (SSSR count). The molecule has 0 amide bonds. The van der Waals surface area contributed by atoms with Crippen molar-refractivity contribution in [2.24, 2.45) is 0 Å². The maximum absolute atomic E-state index is 9.91. The van der Waals surface area contributed by atoms with E-state index >= 15 is 0 Å². The zero-order valence-corrected chi connectivity index (χ0v) is 16.3. The molecule has 28 heavy (non-hydrogen) atoms. The maximum Gasteiger partial charge on any atom is 0.184 e. The lowest BCUT2D eigenvalue weighted by molar-refractivity contribution is -0.223. The number of aliphatic hydroxyl groups excluding tert-OH is 2. The molecule has 0 bridgehead atoms. The van der Waals surface area contributed by atoms with Crippen molar-refractivity contribution < 1.29 is 29.2 Å². The second kappa shape index (κ2) is 8.65. The summed E-state index contributed by atoms with van der Waals surface area (Å²) in [5.74, 6) is 0. The quantitative estimate of drug-likeness (QED) is 0.781. The van der Waals surface area contributed by atoms with Crippen molar-refractivity contribution in [3.8, 4) is 0 Å². The van der Waals surface area contributed by atoms with Crippen molar-refractivity contribution in [1.82, 2.24) is 0 Å². The Morgan fingerprint density at radius 1 is 0.607 bits per heavy atom. The molecule has 2 aliphatic rings. The van der Waals surface area contributed by atoms with Crippen LogP contribution in [0.1, 0.15) is 23.7 Å². The van der Waals surface area contributed by atoms with Crippen molar-refractivity contribution in [1.29, 1.82) is 0 Å². The molecule has 0 spiro atoms. The Balaban J connectivity index is 1.58. The van der Waals surface area contributed by atoms with Crippen molar-refractivity contribution in [2.45, 2.75) is 37.0 Å². The number of rotatable bonds is 4. The summed E-state index contributed by atoms with van der Waals surface area (Å²) in [7, 11) is 0. The van der Waals surface area contributed by atoms with Gasteiger partial charge in [0.05, 0.1) is 13.2 Å². The van der Waals surface area contributed by atoms with Gasteiger partial charge in [-0.15, -0.1) is 0 Å². The lowest BCUT2D eigenvalue weighted by atomic mass is 10.0. The third-order valence-electron chi connectivity index (χ3n) is 4.86. The summed E-state index contributed by atoms with van der Waals surface area (Å²) in [5, 5.41) is 21.0. The largest absolute Gasteiger partial charge is 0.394 e. The number of hydrogen-bond acceptors (Lipinski definition) is 6. The molecule has 6 nitrogen and oxygen atoms in total. The molecule has 150 valence electrons. The minimum Gasteiger partial charge on any atom is -0.394 e. The maximum atomic E-state index is 9.91. The molecule has 8 heteroatoms. The topological polar surface area (TPSA) is 77.4 Å². The molecular weight excluding hydrogens is 407 g/mol. The predicted molar refractivity (Wildman–Crippen MR) is 102 cm³/mol. The fourth-order valence-corrected chi connectivity index (χ4v) is 3.68. The molecule has 0 aromatic heterocycles. The van der Waals surface area contributed by atoms with Crippen molar-refractivity contribution in [3.63, 3.8) is 0 Å². The van der Waals surface area contributed by atoms with E-state index in [4.69, 9.17) is 42.1 Å². The molecule has 2 aromatic rings. The van der Waals surface area contributed by atoms with Gasteiger partial charge in [0.1, 0.15) is 24.4 Å². The molecule has 0 radical (unpaired) electrons. The molecule has 2 fully saturated rings. The average Bonchev–Trinajstić information content (AvgIpc) is 3.08. The van der Waals surface area contributed by atoms with Crippen LogP contribution in [0.5, 0.6) is 0 Å². The second-order valence-electron chi connectivity index (χ2n) is 6.68. The third-order valence-corrected chi connectivity index (χ3v) is 5.36. The fraction of sp³-hybridized carbons (Fsp3) is 0.400. The SMILES string of the molecule is OC[C@@H]1OC(c2ccc(Cl)cc2)O[C@H](CO)[C@@H]2OC(c3ccc(Cl)cc3)O[C@H]21. The van der Waals surface area contributed by atoms with Gasteiger partial charge in [-0.05, 0) is 24.3 Å². The minimum absolute atomic E-state index is 0.288. The lowest BCUT2D eigenvalue weighted by Gasteiger charge is -2.24. The fourth-order valence-electron chi connectivity index (χ4n) is 3.42. The van der Waals surface area contributed by atoms with Crippen LogP contribution in [0.4, 0.5) is 0 Å². The van der Waals surface area contributed by atoms with Gasteiger partial charge in [0.25, 0.3) is 0 Å². The summed E-state index contributed by atoms with van der Waals surface area (Å²) in [5.41, 5.74) is 1.50. The molecule has 6 atom stereocenters. The van der Waals surface area contributed by atoms with Crippen molar-refractivity contribution >= 4 is 23.2 Å². The smallest absolute Gasteiger partial charge is 0.184 e. The molecule has 0 aliphatic carbocycles. The third kappa shape index (κ3) is 4.06. The Hall–Kier alpha value is -1.22. The molecule has 2 N–H and O–H groups in total. The number of benzene rings is 2. The Morgan fingerprint density at radius 3 is 1.32 bits per heavy atom. The van der Waals surface area contributed by atoms with E-state index in [-0.39, 0.29) is 13.2 Å². The lowest BCUT2D eigenvalue weighted by Crippen LogP contribution is -2.43. The highest BCUT2D eigenvalue weighted by Gasteiger charge is 2.50. The summed E-state index contributed by atoms with van der Waals surface area (Å²) in [4.78, 5) is 0. The van der Waals surface area contributed by atoms with Crippen LogP contribution in [-0.2, 0) is 18.9 Å². The van der Waals surface area contributed by atoms with Gasteiger partial charge < -0.3 is 29.2 Å². The van der Waals surface area contributed by atoms with Crippen LogP contribution in [-0.4, -0.2) is 47.8 Å². The van der Waals surface area contributed by atoms with Gasteiger partial charge in [0, 0.05) is 21.2 Å². The van der Waals surface area contributed by atoms with Crippen LogP contribution < -0.4 is 0 Å². The molecular formula is C20H20Cl2O6. The van der Waals surface area contributed by atoms with E-state index in [9.17, 15) is 10.2 Å². The molecule has 2 unspecified atom stereocenters. The molecule has 2 aromatic carbocycles. The second-order valence-corrected chi connectivity index (χ2v) is 7.56.